The topological polar surface area (TPSA) is 66.4 Å². The highest BCUT2D eigenvalue weighted by atomic mass is 32.2. The van der Waals surface area contributed by atoms with Gasteiger partial charge in [0.25, 0.3) is 5.91 Å². The van der Waals surface area contributed by atoms with Gasteiger partial charge in [-0.25, -0.2) is 4.39 Å². The van der Waals surface area contributed by atoms with Crippen LogP contribution in [-0.4, -0.2) is 39.9 Å². The van der Waals surface area contributed by atoms with Gasteiger partial charge in [-0.05, 0) is 31.5 Å². The maximum Gasteiger partial charge on any atom is 0.252 e. The fourth-order valence-electron chi connectivity index (χ4n) is 1.67. The molecule has 0 aliphatic rings. The summed E-state index contributed by atoms with van der Waals surface area (Å²) in [6, 6.07) is 3.55. The van der Waals surface area contributed by atoms with E-state index in [1.54, 1.807) is 6.26 Å². The van der Waals surface area contributed by atoms with E-state index in [9.17, 15) is 13.4 Å². The molecule has 4 nitrogen and oxygen atoms in total. The van der Waals surface area contributed by atoms with Gasteiger partial charge in [-0.2, -0.15) is 0 Å². The lowest BCUT2D eigenvalue weighted by molar-refractivity contribution is 0.0939. The molecule has 0 aliphatic heterocycles. The molecule has 0 spiro atoms. The van der Waals surface area contributed by atoms with E-state index in [2.05, 4.69) is 17.2 Å². The van der Waals surface area contributed by atoms with Crippen LogP contribution in [0.15, 0.2) is 18.2 Å². The molecule has 21 heavy (non-hydrogen) atoms. The smallest absolute Gasteiger partial charge is 0.252 e. The van der Waals surface area contributed by atoms with Crippen molar-refractivity contribution in [3.8, 4) is 11.8 Å². The minimum absolute atomic E-state index is 0.148. The fraction of sp³-hybridized carbons (Fsp3) is 0.400. The van der Waals surface area contributed by atoms with Crippen molar-refractivity contribution in [3.05, 3.63) is 35.1 Å². The van der Waals surface area contributed by atoms with Gasteiger partial charge in [0, 0.05) is 34.4 Å². The number of halogens is 1. The standard InChI is InChI=1S/C15H18FNO3S/c1-11(7-9-21(2)20)17-15(19)14-6-5-13(16)10-12(14)4-3-8-18/h5-6,10-11,18H,7-9H2,1-2H3,(H,17,19). The Morgan fingerprint density at radius 2 is 2.24 bits per heavy atom. The Bertz CT molecular complexity index is 592. The van der Waals surface area contributed by atoms with Crippen molar-refractivity contribution < 1.29 is 18.5 Å². The maximum absolute atomic E-state index is 13.2. The van der Waals surface area contributed by atoms with Crippen molar-refractivity contribution in [1.29, 1.82) is 0 Å². The molecule has 2 N–H and O–H groups in total. The maximum atomic E-state index is 13.2. The summed E-state index contributed by atoms with van der Waals surface area (Å²) in [6.45, 7) is 1.45. The normalized spacial score (nSPS) is 13.0. The van der Waals surface area contributed by atoms with Crippen molar-refractivity contribution in [2.75, 3.05) is 18.6 Å². The summed E-state index contributed by atoms with van der Waals surface area (Å²) in [5.41, 5.74) is 0.481. The molecule has 2 atom stereocenters. The highest BCUT2D eigenvalue weighted by molar-refractivity contribution is 7.84. The molecule has 0 aromatic heterocycles. The zero-order valence-corrected chi connectivity index (χ0v) is 12.8. The van der Waals surface area contributed by atoms with Crippen LogP contribution < -0.4 is 5.32 Å². The molecule has 0 radical (unpaired) electrons. The molecule has 1 rings (SSSR count). The van der Waals surface area contributed by atoms with Gasteiger partial charge in [-0.15, -0.1) is 0 Å². The van der Waals surface area contributed by atoms with Gasteiger partial charge in [-0.1, -0.05) is 11.8 Å². The van der Waals surface area contributed by atoms with Crippen LogP contribution in [0.25, 0.3) is 0 Å². The fourth-order valence-corrected chi connectivity index (χ4v) is 2.35. The van der Waals surface area contributed by atoms with Crippen molar-refractivity contribution in [3.63, 3.8) is 0 Å². The van der Waals surface area contributed by atoms with Crippen molar-refractivity contribution in [2.24, 2.45) is 0 Å². The number of rotatable bonds is 5. The third-order valence-corrected chi connectivity index (χ3v) is 3.55. The Morgan fingerprint density at radius 1 is 1.52 bits per heavy atom. The first-order valence-electron chi connectivity index (χ1n) is 6.44. The second-order valence-electron chi connectivity index (χ2n) is 4.59. The van der Waals surface area contributed by atoms with Crippen molar-refractivity contribution in [1.82, 2.24) is 5.32 Å². The summed E-state index contributed by atoms with van der Waals surface area (Å²) in [5, 5.41) is 11.5. The first kappa shape index (κ1) is 17.3. The lowest BCUT2D eigenvalue weighted by Crippen LogP contribution is -2.34. The molecule has 0 saturated carbocycles. The van der Waals surface area contributed by atoms with E-state index >= 15 is 0 Å². The molecule has 0 aliphatic carbocycles. The quantitative estimate of drug-likeness (QED) is 0.799. The highest BCUT2D eigenvalue weighted by Crippen LogP contribution is 2.11. The summed E-state index contributed by atoms with van der Waals surface area (Å²) in [4.78, 5) is 12.2. The van der Waals surface area contributed by atoms with Crippen LogP contribution in [0.1, 0.15) is 29.3 Å². The SMILES string of the molecule is CC(CCS(C)=O)NC(=O)c1ccc(F)cc1C#CCO. The zero-order chi connectivity index (χ0) is 15.8. The summed E-state index contributed by atoms with van der Waals surface area (Å²) < 4.78 is 24.2. The largest absolute Gasteiger partial charge is 0.384 e. The van der Waals surface area contributed by atoms with Gasteiger partial charge in [0.05, 0.1) is 5.56 Å². The molecule has 2 unspecified atom stereocenters. The second-order valence-corrected chi connectivity index (χ2v) is 6.14. The predicted octanol–water partition coefficient (Wildman–Crippen LogP) is 1.06. The average molecular weight is 311 g/mol. The number of hydrogen-bond donors (Lipinski definition) is 2. The van der Waals surface area contributed by atoms with Crippen LogP contribution in [0.5, 0.6) is 0 Å². The molecular weight excluding hydrogens is 293 g/mol. The van der Waals surface area contributed by atoms with E-state index in [1.165, 1.54) is 12.1 Å². The van der Waals surface area contributed by atoms with Gasteiger partial charge in [-0.3, -0.25) is 9.00 Å². The molecule has 0 saturated heterocycles. The van der Waals surface area contributed by atoms with Crippen LogP contribution in [0.2, 0.25) is 0 Å². The lowest BCUT2D eigenvalue weighted by Gasteiger charge is -2.14. The second kappa shape index (κ2) is 8.55. The number of amides is 1. The van der Waals surface area contributed by atoms with Crippen LogP contribution in [0.4, 0.5) is 4.39 Å². The van der Waals surface area contributed by atoms with E-state index in [0.29, 0.717) is 12.2 Å². The molecule has 0 fully saturated rings. The Balaban J connectivity index is 2.84. The van der Waals surface area contributed by atoms with Crippen molar-refractivity contribution in [2.45, 2.75) is 19.4 Å². The number of aliphatic hydroxyl groups is 1. The molecule has 1 aromatic rings. The Morgan fingerprint density at radius 3 is 2.86 bits per heavy atom. The number of aliphatic hydroxyl groups excluding tert-OH is 1. The van der Waals surface area contributed by atoms with E-state index in [1.807, 2.05) is 6.92 Å². The number of nitrogens with one attached hydrogen (secondary N) is 1. The molecule has 0 bridgehead atoms. The predicted molar refractivity (Wildman–Crippen MR) is 80.8 cm³/mol. The van der Waals surface area contributed by atoms with Gasteiger partial charge in [0.2, 0.25) is 0 Å². The summed E-state index contributed by atoms with van der Waals surface area (Å²) in [7, 11) is -0.908. The Kier molecular flexibility index (Phi) is 7.06. The third-order valence-electron chi connectivity index (χ3n) is 2.74. The number of benzene rings is 1. The zero-order valence-electron chi connectivity index (χ0n) is 12.0. The van der Waals surface area contributed by atoms with Gasteiger partial charge in [0.15, 0.2) is 0 Å². The first-order valence-corrected chi connectivity index (χ1v) is 8.17. The molecule has 6 heteroatoms. The van der Waals surface area contributed by atoms with Gasteiger partial charge in [0.1, 0.15) is 12.4 Å². The van der Waals surface area contributed by atoms with Crippen LogP contribution in [0, 0.1) is 17.7 Å². The Hall–Kier alpha value is -1.71. The number of hydrogen-bond acceptors (Lipinski definition) is 3. The van der Waals surface area contributed by atoms with Crippen LogP contribution in [-0.2, 0) is 10.8 Å². The van der Waals surface area contributed by atoms with Crippen molar-refractivity contribution >= 4 is 16.7 Å². The minimum Gasteiger partial charge on any atom is -0.384 e. The monoisotopic (exact) mass is 311 g/mol. The third kappa shape index (κ3) is 6.06. The lowest BCUT2D eigenvalue weighted by atomic mass is 10.1. The minimum atomic E-state index is -0.908. The molecular formula is C15H18FNO3S. The average Bonchev–Trinajstić information content (AvgIpc) is 2.42. The van der Waals surface area contributed by atoms with Crippen LogP contribution in [0.3, 0.4) is 0 Å². The summed E-state index contributed by atoms with van der Waals surface area (Å²) in [5.74, 6) is 4.59. The summed E-state index contributed by atoms with van der Waals surface area (Å²) in [6.07, 6.45) is 2.20. The van der Waals surface area contributed by atoms with E-state index in [4.69, 9.17) is 5.11 Å². The van der Waals surface area contributed by atoms with E-state index < -0.39 is 16.6 Å². The molecule has 1 aromatic carbocycles. The van der Waals surface area contributed by atoms with E-state index in [0.717, 1.165) is 6.07 Å². The van der Waals surface area contributed by atoms with Gasteiger partial charge < -0.3 is 10.4 Å². The number of carbonyl (C=O) groups is 1. The van der Waals surface area contributed by atoms with Gasteiger partial charge >= 0.3 is 0 Å². The van der Waals surface area contributed by atoms with E-state index in [-0.39, 0.29) is 29.7 Å². The molecule has 0 heterocycles. The first-order chi connectivity index (χ1) is 9.93. The highest BCUT2D eigenvalue weighted by Gasteiger charge is 2.14. The summed E-state index contributed by atoms with van der Waals surface area (Å²) >= 11 is 0. The molecule has 1 amide bonds. The number of carbonyl (C=O) groups excluding carboxylic acids is 1. The molecule has 114 valence electrons. The Labute approximate surface area is 126 Å². The van der Waals surface area contributed by atoms with Crippen LogP contribution >= 0.6 is 0 Å².